The Morgan fingerprint density at radius 3 is 2.73 bits per heavy atom. The van der Waals surface area contributed by atoms with Crippen molar-refractivity contribution < 1.29 is 9.53 Å². The van der Waals surface area contributed by atoms with Gasteiger partial charge in [-0.05, 0) is 0 Å². The van der Waals surface area contributed by atoms with E-state index >= 15 is 0 Å². The van der Waals surface area contributed by atoms with Gasteiger partial charge in [-0.3, -0.25) is 4.79 Å². The van der Waals surface area contributed by atoms with Crippen molar-refractivity contribution in [3.63, 3.8) is 0 Å². The zero-order valence-electron chi connectivity index (χ0n) is 7.97. The van der Waals surface area contributed by atoms with Gasteiger partial charge in [-0.15, -0.1) is 0 Å². The maximum absolute atomic E-state index is 11.8. The molecule has 0 unspecified atom stereocenters. The second-order valence-electron chi connectivity index (χ2n) is 2.68. The number of carbonyl (C=O) groups is 1. The third-order valence-corrected chi connectivity index (χ3v) is 1.79. The molecule has 0 aliphatic heterocycles. The van der Waals surface area contributed by atoms with Gasteiger partial charge >= 0.3 is 0 Å². The number of ketones is 1. The first-order valence-electron chi connectivity index (χ1n) is 4.22. The van der Waals surface area contributed by atoms with Gasteiger partial charge in [0.25, 0.3) is 5.78 Å². The summed E-state index contributed by atoms with van der Waals surface area (Å²) in [5, 5.41) is 0. The number of aromatic amines is 1. The molecule has 0 atom stereocenters. The number of rotatable bonds is 3. The Kier molecular flexibility index (Phi) is 2.40. The Labute approximate surface area is 85.4 Å². The summed E-state index contributed by atoms with van der Waals surface area (Å²) in [6.45, 7) is 0. The van der Waals surface area contributed by atoms with Crippen molar-refractivity contribution in [2.24, 2.45) is 0 Å². The van der Waals surface area contributed by atoms with Crippen LogP contribution in [0.15, 0.2) is 24.8 Å². The number of aromatic nitrogens is 4. The van der Waals surface area contributed by atoms with Crippen LogP contribution in [-0.4, -0.2) is 32.8 Å². The van der Waals surface area contributed by atoms with Gasteiger partial charge in [0.05, 0.1) is 7.11 Å². The van der Waals surface area contributed by atoms with Crippen molar-refractivity contribution in [2.75, 3.05) is 7.11 Å². The molecule has 2 aromatic rings. The van der Waals surface area contributed by atoms with E-state index in [1.807, 2.05) is 0 Å². The van der Waals surface area contributed by atoms with E-state index in [2.05, 4.69) is 19.9 Å². The van der Waals surface area contributed by atoms with E-state index in [-0.39, 0.29) is 23.2 Å². The summed E-state index contributed by atoms with van der Waals surface area (Å²) < 4.78 is 4.93. The lowest BCUT2D eigenvalue weighted by molar-refractivity contribution is 0.102. The van der Waals surface area contributed by atoms with Gasteiger partial charge in [-0.1, -0.05) is 0 Å². The quantitative estimate of drug-likeness (QED) is 0.733. The summed E-state index contributed by atoms with van der Waals surface area (Å²) in [6.07, 6.45) is 5.95. The highest BCUT2D eigenvalue weighted by atomic mass is 16.5. The molecule has 0 radical (unpaired) electrons. The molecule has 15 heavy (non-hydrogen) atoms. The summed E-state index contributed by atoms with van der Waals surface area (Å²) in [7, 11) is 1.43. The minimum Gasteiger partial charge on any atom is -0.479 e. The first kappa shape index (κ1) is 9.32. The number of imidazole rings is 1. The summed E-state index contributed by atoms with van der Waals surface area (Å²) in [5.74, 6) is 0.0673. The second kappa shape index (κ2) is 3.87. The molecular weight excluding hydrogens is 196 g/mol. The van der Waals surface area contributed by atoms with E-state index in [0.717, 1.165) is 0 Å². The van der Waals surface area contributed by atoms with Gasteiger partial charge in [-0.25, -0.2) is 15.0 Å². The number of methoxy groups -OCH3 is 1. The number of hydrogen-bond donors (Lipinski definition) is 1. The molecule has 0 spiro atoms. The molecule has 6 heteroatoms. The second-order valence-corrected chi connectivity index (χ2v) is 2.68. The lowest BCUT2D eigenvalue weighted by Gasteiger charge is -2.02. The third-order valence-electron chi connectivity index (χ3n) is 1.79. The van der Waals surface area contributed by atoms with E-state index in [4.69, 9.17) is 4.74 Å². The molecule has 0 fully saturated rings. The summed E-state index contributed by atoms with van der Waals surface area (Å²) >= 11 is 0. The molecule has 0 amide bonds. The molecule has 2 aromatic heterocycles. The minimum absolute atomic E-state index is 0.148. The highest BCUT2D eigenvalue weighted by molar-refractivity contribution is 6.06. The normalized spacial score (nSPS) is 9.93. The van der Waals surface area contributed by atoms with Crippen molar-refractivity contribution in [3.05, 3.63) is 36.3 Å². The lowest BCUT2D eigenvalue weighted by atomic mass is 10.3. The van der Waals surface area contributed by atoms with Gasteiger partial charge in [0.2, 0.25) is 5.88 Å². The molecule has 0 aliphatic carbocycles. The van der Waals surface area contributed by atoms with Crippen LogP contribution in [0.1, 0.15) is 16.3 Å². The Morgan fingerprint density at radius 1 is 1.27 bits per heavy atom. The Balaban J connectivity index is 2.42. The maximum atomic E-state index is 11.8. The monoisotopic (exact) mass is 204 g/mol. The average molecular weight is 204 g/mol. The molecule has 0 saturated carbocycles. The van der Waals surface area contributed by atoms with Crippen molar-refractivity contribution >= 4 is 5.78 Å². The van der Waals surface area contributed by atoms with Gasteiger partial charge < -0.3 is 9.72 Å². The molecule has 76 valence electrons. The first-order valence-corrected chi connectivity index (χ1v) is 4.22. The molecule has 1 N–H and O–H groups in total. The van der Waals surface area contributed by atoms with Crippen LogP contribution in [0.3, 0.4) is 0 Å². The average Bonchev–Trinajstić information content (AvgIpc) is 2.81. The Morgan fingerprint density at radius 2 is 2.07 bits per heavy atom. The maximum Gasteiger partial charge on any atom is 0.252 e. The fraction of sp³-hybridized carbons (Fsp3) is 0.111. The zero-order chi connectivity index (χ0) is 10.7. The number of hydrogen-bond acceptors (Lipinski definition) is 5. The molecule has 0 bridgehead atoms. The fourth-order valence-corrected chi connectivity index (χ4v) is 1.13. The minimum atomic E-state index is -0.343. The van der Waals surface area contributed by atoms with E-state index in [9.17, 15) is 4.79 Å². The van der Waals surface area contributed by atoms with Gasteiger partial charge in [0.1, 0.15) is 0 Å². The third kappa shape index (κ3) is 1.69. The van der Waals surface area contributed by atoms with Crippen LogP contribution in [0.25, 0.3) is 0 Å². The van der Waals surface area contributed by atoms with Crippen LogP contribution in [-0.2, 0) is 0 Å². The lowest BCUT2D eigenvalue weighted by Crippen LogP contribution is -2.09. The van der Waals surface area contributed by atoms with E-state index in [1.165, 1.54) is 25.7 Å². The van der Waals surface area contributed by atoms with Crippen LogP contribution in [0.4, 0.5) is 0 Å². The van der Waals surface area contributed by atoms with Crippen LogP contribution in [0, 0.1) is 0 Å². The molecule has 0 aliphatic rings. The van der Waals surface area contributed by atoms with Gasteiger partial charge in [0, 0.05) is 24.8 Å². The summed E-state index contributed by atoms with van der Waals surface area (Å²) in [6, 6.07) is 0. The van der Waals surface area contributed by atoms with E-state index < -0.39 is 0 Å². The highest BCUT2D eigenvalue weighted by Gasteiger charge is 2.18. The predicted molar refractivity (Wildman–Crippen MR) is 50.6 cm³/mol. The number of nitrogens with one attached hydrogen (secondary N) is 1. The number of nitrogens with zero attached hydrogens (tertiary/aromatic N) is 3. The first-order chi connectivity index (χ1) is 7.33. The molecular formula is C9H8N4O2. The molecule has 2 heterocycles. The Hall–Kier alpha value is -2.24. The van der Waals surface area contributed by atoms with Crippen molar-refractivity contribution in [2.45, 2.75) is 0 Å². The van der Waals surface area contributed by atoms with Crippen molar-refractivity contribution in [3.8, 4) is 5.88 Å². The van der Waals surface area contributed by atoms with Crippen LogP contribution in [0.5, 0.6) is 5.88 Å². The number of ether oxygens (including phenoxy) is 1. The van der Waals surface area contributed by atoms with Crippen molar-refractivity contribution in [1.29, 1.82) is 0 Å². The molecule has 0 saturated heterocycles. The standard InChI is InChI=1S/C9H8N4O2/c1-15-9-6(10-2-5-13-9)7(14)8-11-3-4-12-8/h2-5H,1H3,(H,11,12). The number of H-pyrrole nitrogens is 1. The van der Waals surface area contributed by atoms with Crippen LogP contribution >= 0.6 is 0 Å². The molecule has 2 rings (SSSR count). The van der Waals surface area contributed by atoms with Gasteiger partial charge in [-0.2, -0.15) is 0 Å². The Bertz CT molecular complexity index is 467. The SMILES string of the molecule is COc1nccnc1C(=O)c1ncc[nH]1. The van der Waals surface area contributed by atoms with Crippen molar-refractivity contribution in [1.82, 2.24) is 19.9 Å². The van der Waals surface area contributed by atoms with Gasteiger partial charge in [0.15, 0.2) is 11.5 Å². The summed E-state index contributed by atoms with van der Waals surface area (Å²) in [5.41, 5.74) is 0.148. The molecule has 6 nitrogen and oxygen atoms in total. The number of carbonyl (C=O) groups excluding carboxylic acids is 1. The molecule has 0 aromatic carbocycles. The van der Waals surface area contributed by atoms with E-state index in [0.29, 0.717) is 0 Å². The smallest absolute Gasteiger partial charge is 0.252 e. The predicted octanol–water partition coefficient (Wildman–Crippen LogP) is 0.439. The zero-order valence-corrected chi connectivity index (χ0v) is 7.97. The topological polar surface area (TPSA) is 80.8 Å². The highest BCUT2D eigenvalue weighted by Crippen LogP contribution is 2.13. The van der Waals surface area contributed by atoms with Crippen LogP contribution in [0.2, 0.25) is 0 Å². The fourth-order valence-electron chi connectivity index (χ4n) is 1.13. The largest absolute Gasteiger partial charge is 0.479 e. The summed E-state index contributed by atoms with van der Waals surface area (Å²) in [4.78, 5) is 26.1. The van der Waals surface area contributed by atoms with Crippen LogP contribution < -0.4 is 4.74 Å². The van der Waals surface area contributed by atoms with E-state index in [1.54, 1.807) is 6.20 Å².